The van der Waals surface area contributed by atoms with Crippen molar-refractivity contribution in [2.75, 3.05) is 18.1 Å². The molecule has 0 saturated heterocycles. The third-order valence-electron chi connectivity index (χ3n) is 2.42. The second-order valence-corrected chi connectivity index (χ2v) is 6.64. The van der Waals surface area contributed by atoms with Gasteiger partial charge in [-0.05, 0) is 31.9 Å². The lowest BCUT2D eigenvalue weighted by Crippen LogP contribution is -2.25. The lowest BCUT2D eigenvalue weighted by Gasteiger charge is -2.04. The third kappa shape index (κ3) is 7.89. The van der Waals surface area contributed by atoms with Gasteiger partial charge < -0.3 is 10.4 Å². The molecule has 0 spiro atoms. The molecule has 1 aromatic heterocycles. The van der Waals surface area contributed by atoms with E-state index in [2.05, 4.69) is 24.4 Å². The van der Waals surface area contributed by atoms with E-state index >= 15 is 0 Å². The summed E-state index contributed by atoms with van der Waals surface area (Å²) in [7, 11) is 0. The number of aryl methyl sites for hydroxylation is 2. The van der Waals surface area contributed by atoms with Gasteiger partial charge in [0.25, 0.3) is 0 Å². The number of carbonyl (C=O) groups is 2. The molecule has 19 heavy (non-hydrogen) atoms. The Hall–Kier alpha value is -1.01. The van der Waals surface area contributed by atoms with Gasteiger partial charge in [0, 0.05) is 28.5 Å². The maximum absolute atomic E-state index is 11.5. The molecular weight excluding hydrogens is 282 g/mol. The van der Waals surface area contributed by atoms with Crippen molar-refractivity contribution < 1.29 is 14.7 Å². The van der Waals surface area contributed by atoms with Crippen LogP contribution < -0.4 is 5.32 Å². The SMILES string of the molecule is Cc1ccc(CCCC(=O)NCCSCC(=O)O)s1. The van der Waals surface area contributed by atoms with E-state index in [9.17, 15) is 9.59 Å². The first-order chi connectivity index (χ1) is 9.08. The van der Waals surface area contributed by atoms with Crippen molar-refractivity contribution in [3.63, 3.8) is 0 Å². The van der Waals surface area contributed by atoms with Crippen LogP contribution >= 0.6 is 23.1 Å². The molecule has 2 N–H and O–H groups in total. The number of carbonyl (C=O) groups excluding carboxylic acids is 1. The van der Waals surface area contributed by atoms with Gasteiger partial charge in [-0.3, -0.25) is 9.59 Å². The first-order valence-corrected chi connectivity index (χ1v) is 8.16. The molecule has 4 nitrogen and oxygen atoms in total. The number of nitrogens with one attached hydrogen (secondary N) is 1. The van der Waals surface area contributed by atoms with Crippen molar-refractivity contribution in [2.24, 2.45) is 0 Å². The Bertz CT molecular complexity index is 418. The van der Waals surface area contributed by atoms with Crippen LogP contribution in [0.2, 0.25) is 0 Å². The molecule has 1 amide bonds. The van der Waals surface area contributed by atoms with E-state index in [-0.39, 0.29) is 11.7 Å². The molecule has 1 rings (SSSR count). The van der Waals surface area contributed by atoms with E-state index in [0.29, 0.717) is 18.7 Å². The Morgan fingerprint density at radius 2 is 2.21 bits per heavy atom. The van der Waals surface area contributed by atoms with Gasteiger partial charge in [0.15, 0.2) is 0 Å². The quantitative estimate of drug-likeness (QED) is 0.687. The van der Waals surface area contributed by atoms with E-state index < -0.39 is 5.97 Å². The van der Waals surface area contributed by atoms with Crippen LogP contribution in [0.5, 0.6) is 0 Å². The molecule has 0 unspecified atom stereocenters. The molecule has 0 aliphatic carbocycles. The number of rotatable bonds is 9. The maximum atomic E-state index is 11.5. The van der Waals surface area contributed by atoms with E-state index in [4.69, 9.17) is 5.11 Å². The molecule has 0 aromatic carbocycles. The molecule has 1 heterocycles. The topological polar surface area (TPSA) is 66.4 Å². The van der Waals surface area contributed by atoms with Crippen LogP contribution in [0.25, 0.3) is 0 Å². The van der Waals surface area contributed by atoms with Gasteiger partial charge in [-0.1, -0.05) is 0 Å². The van der Waals surface area contributed by atoms with Gasteiger partial charge in [-0.15, -0.1) is 23.1 Å². The zero-order chi connectivity index (χ0) is 14.1. The summed E-state index contributed by atoms with van der Waals surface area (Å²) in [5.41, 5.74) is 0. The predicted octanol–water partition coefficient (Wildman–Crippen LogP) is 2.31. The fraction of sp³-hybridized carbons (Fsp3) is 0.538. The summed E-state index contributed by atoms with van der Waals surface area (Å²) < 4.78 is 0. The van der Waals surface area contributed by atoms with E-state index in [1.165, 1.54) is 21.5 Å². The number of hydrogen-bond acceptors (Lipinski definition) is 4. The molecule has 0 radical (unpaired) electrons. The van der Waals surface area contributed by atoms with Crippen LogP contribution in [0, 0.1) is 6.92 Å². The lowest BCUT2D eigenvalue weighted by atomic mass is 10.2. The largest absolute Gasteiger partial charge is 0.481 e. The molecule has 0 saturated carbocycles. The van der Waals surface area contributed by atoms with Gasteiger partial charge in [0.1, 0.15) is 0 Å². The van der Waals surface area contributed by atoms with Crippen molar-refractivity contribution in [1.82, 2.24) is 5.32 Å². The highest BCUT2D eigenvalue weighted by Crippen LogP contribution is 2.17. The van der Waals surface area contributed by atoms with Crippen LogP contribution in [0.3, 0.4) is 0 Å². The summed E-state index contributed by atoms with van der Waals surface area (Å²) in [6, 6.07) is 4.21. The minimum atomic E-state index is -0.817. The van der Waals surface area contributed by atoms with Crippen LogP contribution in [-0.4, -0.2) is 35.0 Å². The molecule has 6 heteroatoms. The van der Waals surface area contributed by atoms with Crippen molar-refractivity contribution in [2.45, 2.75) is 26.2 Å². The highest BCUT2D eigenvalue weighted by atomic mass is 32.2. The summed E-state index contributed by atoms with van der Waals surface area (Å²) >= 11 is 3.09. The first-order valence-electron chi connectivity index (χ1n) is 6.19. The van der Waals surface area contributed by atoms with Crippen LogP contribution in [0.15, 0.2) is 12.1 Å². The maximum Gasteiger partial charge on any atom is 0.313 e. The smallest absolute Gasteiger partial charge is 0.313 e. The molecular formula is C13H19NO3S2. The number of aliphatic carboxylic acids is 1. The summed E-state index contributed by atoms with van der Waals surface area (Å²) in [6.45, 7) is 2.62. The van der Waals surface area contributed by atoms with E-state index in [1.54, 1.807) is 11.3 Å². The zero-order valence-corrected chi connectivity index (χ0v) is 12.6. The molecule has 0 atom stereocenters. The highest BCUT2D eigenvalue weighted by Gasteiger charge is 2.03. The Balaban J connectivity index is 2.00. The summed E-state index contributed by atoms with van der Waals surface area (Å²) in [6.07, 6.45) is 2.33. The van der Waals surface area contributed by atoms with Gasteiger partial charge in [0.2, 0.25) is 5.91 Å². The Morgan fingerprint density at radius 3 is 2.84 bits per heavy atom. The molecule has 0 bridgehead atoms. The minimum Gasteiger partial charge on any atom is -0.481 e. The van der Waals surface area contributed by atoms with Crippen LogP contribution in [0.4, 0.5) is 0 Å². The number of hydrogen-bond donors (Lipinski definition) is 2. The Morgan fingerprint density at radius 1 is 1.42 bits per heavy atom. The first kappa shape index (κ1) is 16.0. The third-order valence-corrected chi connectivity index (χ3v) is 4.42. The number of carboxylic acid groups (broad SMARTS) is 1. The van der Waals surface area contributed by atoms with Crippen LogP contribution in [0.1, 0.15) is 22.6 Å². The second kappa shape index (κ2) is 8.98. The fourth-order valence-corrected chi connectivity index (χ4v) is 3.05. The van der Waals surface area contributed by atoms with Crippen molar-refractivity contribution >= 4 is 35.0 Å². The lowest BCUT2D eigenvalue weighted by molar-refractivity contribution is -0.133. The van der Waals surface area contributed by atoms with Crippen molar-refractivity contribution in [3.8, 4) is 0 Å². The summed E-state index contributed by atoms with van der Waals surface area (Å²) in [5.74, 6) is -0.0396. The van der Waals surface area contributed by atoms with Gasteiger partial charge in [-0.2, -0.15) is 0 Å². The number of carboxylic acids is 1. The van der Waals surface area contributed by atoms with E-state index in [1.807, 2.05) is 0 Å². The zero-order valence-electron chi connectivity index (χ0n) is 11.0. The fourth-order valence-electron chi connectivity index (χ4n) is 1.55. The number of thiophene rings is 1. The Labute approximate surface area is 121 Å². The van der Waals surface area contributed by atoms with Crippen LogP contribution in [-0.2, 0) is 16.0 Å². The molecule has 106 valence electrons. The van der Waals surface area contributed by atoms with Gasteiger partial charge >= 0.3 is 5.97 Å². The van der Waals surface area contributed by atoms with Crippen molar-refractivity contribution in [3.05, 3.63) is 21.9 Å². The van der Waals surface area contributed by atoms with Gasteiger partial charge in [-0.25, -0.2) is 0 Å². The highest BCUT2D eigenvalue weighted by molar-refractivity contribution is 7.99. The number of amides is 1. The monoisotopic (exact) mass is 301 g/mol. The molecule has 1 aromatic rings. The molecule has 0 fully saturated rings. The standard InChI is InChI=1S/C13H19NO3S2/c1-10-5-6-11(19-10)3-2-4-12(15)14-7-8-18-9-13(16)17/h5-6H,2-4,7-9H2,1H3,(H,14,15)(H,16,17). The number of thioether (sulfide) groups is 1. The second-order valence-electron chi connectivity index (χ2n) is 4.16. The minimum absolute atomic E-state index is 0.0456. The molecule has 0 aliphatic heterocycles. The Kier molecular flexibility index (Phi) is 7.59. The molecule has 0 aliphatic rings. The average molecular weight is 301 g/mol. The predicted molar refractivity (Wildman–Crippen MR) is 80.0 cm³/mol. The summed E-state index contributed by atoms with van der Waals surface area (Å²) in [4.78, 5) is 24.4. The normalized spacial score (nSPS) is 10.4. The van der Waals surface area contributed by atoms with Gasteiger partial charge in [0.05, 0.1) is 5.75 Å². The van der Waals surface area contributed by atoms with Crippen molar-refractivity contribution in [1.29, 1.82) is 0 Å². The van der Waals surface area contributed by atoms with E-state index in [0.717, 1.165) is 12.8 Å². The summed E-state index contributed by atoms with van der Waals surface area (Å²) in [5, 5.41) is 11.2. The average Bonchev–Trinajstić information content (AvgIpc) is 2.74.